The van der Waals surface area contributed by atoms with Gasteiger partial charge in [-0.15, -0.1) is 0 Å². The smallest absolute Gasteiger partial charge is 0.0551 e. The fourth-order valence-corrected chi connectivity index (χ4v) is 0.877. The Kier molecular flexibility index (Phi) is 4.76. The van der Waals surface area contributed by atoms with Crippen molar-refractivity contribution in [1.82, 2.24) is 0 Å². The van der Waals surface area contributed by atoms with Crippen LogP contribution in [0.4, 0.5) is 0 Å². The minimum Gasteiger partial charge on any atom is -0.302 e. The molecule has 2 heteroatoms. The average molecular weight is 129 g/mol. The third-order valence-electron chi connectivity index (χ3n) is 0.736. The van der Waals surface area contributed by atoms with Crippen molar-refractivity contribution in [3.63, 3.8) is 0 Å². The van der Waals surface area contributed by atoms with E-state index in [0.29, 0.717) is 0 Å². The van der Waals surface area contributed by atoms with Gasteiger partial charge in [-0.05, 0) is 18.2 Å². The van der Waals surface area contributed by atoms with Crippen molar-refractivity contribution in [2.45, 2.75) is 20.3 Å². The summed E-state index contributed by atoms with van der Waals surface area (Å²) in [5, 5.41) is 6.71. The Morgan fingerprint density at radius 3 is 2.75 bits per heavy atom. The molecule has 0 saturated heterocycles. The van der Waals surface area contributed by atoms with E-state index in [0.717, 1.165) is 6.42 Å². The molecular formula is C6H11NS. The van der Waals surface area contributed by atoms with Gasteiger partial charge >= 0.3 is 0 Å². The van der Waals surface area contributed by atoms with E-state index in [2.05, 4.69) is 13.0 Å². The van der Waals surface area contributed by atoms with E-state index >= 15 is 0 Å². The van der Waals surface area contributed by atoms with Gasteiger partial charge in [0.2, 0.25) is 0 Å². The minimum atomic E-state index is 1.06. The van der Waals surface area contributed by atoms with Gasteiger partial charge in [-0.3, -0.25) is 0 Å². The molecule has 0 fully saturated rings. The molecule has 0 aliphatic heterocycles. The van der Waals surface area contributed by atoms with Crippen molar-refractivity contribution in [2.75, 3.05) is 0 Å². The molecule has 0 unspecified atom stereocenters. The van der Waals surface area contributed by atoms with E-state index in [1.807, 2.05) is 6.92 Å². The van der Waals surface area contributed by atoms with Gasteiger partial charge in [0, 0.05) is 0 Å². The number of rotatable bonds is 3. The van der Waals surface area contributed by atoms with Crippen LogP contribution >= 0.6 is 11.8 Å². The monoisotopic (exact) mass is 129 g/mol. The number of hydrogen-bond donors (Lipinski definition) is 1. The summed E-state index contributed by atoms with van der Waals surface area (Å²) in [6.07, 6.45) is 3.17. The number of nitrogens with one attached hydrogen (secondary N) is 1. The molecule has 46 valence electrons. The summed E-state index contributed by atoms with van der Waals surface area (Å²) in [6, 6.07) is 0. The molecule has 1 N–H and O–H groups in total. The van der Waals surface area contributed by atoms with Crippen LogP contribution in [0.1, 0.15) is 20.3 Å². The van der Waals surface area contributed by atoms with Gasteiger partial charge in [-0.25, -0.2) is 0 Å². The summed E-state index contributed by atoms with van der Waals surface area (Å²) in [7, 11) is 0. The van der Waals surface area contributed by atoms with Crippen LogP contribution in [0.15, 0.2) is 11.0 Å². The van der Waals surface area contributed by atoms with Crippen LogP contribution in [-0.4, -0.2) is 5.55 Å². The van der Waals surface area contributed by atoms with E-state index in [-0.39, 0.29) is 0 Å². The zero-order valence-electron chi connectivity index (χ0n) is 5.27. The van der Waals surface area contributed by atoms with Crippen LogP contribution in [0.2, 0.25) is 0 Å². The lowest BCUT2D eigenvalue weighted by atomic mass is 10.4. The van der Waals surface area contributed by atoms with Crippen LogP contribution in [0, 0.1) is 5.41 Å². The van der Waals surface area contributed by atoms with Gasteiger partial charge < -0.3 is 5.41 Å². The zero-order chi connectivity index (χ0) is 6.41. The first-order valence-electron chi connectivity index (χ1n) is 2.63. The van der Waals surface area contributed by atoms with E-state index in [1.165, 1.54) is 22.2 Å². The Balaban J connectivity index is 3.44. The van der Waals surface area contributed by atoms with Crippen molar-refractivity contribution in [3.05, 3.63) is 11.0 Å². The maximum absolute atomic E-state index is 6.71. The second kappa shape index (κ2) is 4.91. The first-order valence-corrected chi connectivity index (χ1v) is 3.51. The Bertz CT molecular complexity index is 96.7. The molecule has 0 atom stereocenters. The van der Waals surface area contributed by atoms with Crippen molar-refractivity contribution in [1.29, 1.82) is 5.41 Å². The highest BCUT2D eigenvalue weighted by molar-refractivity contribution is 8.15. The number of thioether (sulfide) groups is 1. The van der Waals surface area contributed by atoms with E-state index in [4.69, 9.17) is 5.41 Å². The van der Waals surface area contributed by atoms with Crippen LogP contribution in [0.5, 0.6) is 0 Å². The third kappa shape index (κ3) is 3.93. The Morgan fingerprint density at radius 2 is 2.38 bits per heavy atom. The third-order valence-corrected chi connectivity index (χ3v) is 1.39. The standard InChI is InChI=1S/C6H11NS/c1-3-4-6(2)8-5-7/h4-5,7H,3H2,1-2H3/b6-4-,7-5?. The predicted octanol–water partition coefficient (Wildman–Crippen LogP) is 2.64. The molecule has 0 aliphatic rings. The van der Waals surface area contributed by atoms with Gasteiger partial charge in [0.15, 0.2) is 0 Å². The number of allylic oxidation sites excluding steroid dienone is 2. The largest absolute Gasteiger partial charge is 0.302 e. The molecule has 0 aromatic heterocycles. The normalized spacial score (nSPS) is 11.5. The van der Waals surface area contributed by atoms with E-state index in [9.17, 15) is 0 Å². The second-order valence-corrected chi connectivity index (χ2v) is 2.57. The van der Waals surface area contributed by atoms with Gasteiger partial charge in [-0.1, -0.05) is 24.8 Å². The first kappa shape index (κ1) is 7.76. The quantitative estimate of drug-likeness (QED) is 0.459. The lowest BCUT2D eigenvalue weighted by Gasteiger charge is -1.88. The topological polar surface area (TPSA) is 23.9 Å². The van der Waals surface area contributed by atoms with Crippen LogP contribution in [-0.2, 0) is 0 Å². The van der Waals surface area contributed by atoms with E-state index < -0.39 is 0 Å². The summed E-state index contributed by atoms with van der Waals surface area (Å²) in [5.74, 6) is 0. The lowest BCUT2D eigenvalue weighted by Crippen LogP contribution is -1.64. The van der Waals surface area contributed by atoms with Crippen molar-refractivity contribution < 1.29 is 0 Å². The maximum atomic E-state index is 6.71. The Hall–Kier alpha value is -0.240. The van der Waals surface area contributed by atoms with Crippen molar-refractivity contribution in [3.8, 4) is 0 Å². The summed E-state index contributed by atoms with van der Waals surface area (Å²) in [4.78, 5) is 1.21. The van der Waals surface area contributed by atoms with E-state index in [1.54, 1.807) is 0 Å². The molecule has 0 aliphatic carbocycles. The van der Waals surface area contributed by atoms with Crippen LogP contribution < -0.4 is 0 Å². The second-order valence-electron chi connectivity index (χ2n) is 1.46. The van der Waals surface area contributed by atoms with Gasteiger partial charge in [0.25, 0.3) is 0 Å². The predicted molar refractivity (Wildman–Crippen MR) is 40.4 cm³/mol. The molecule has 0 aromatic rings. The molecular weight excluding hydrogens is 118 g/mol. The van der Waals surface area contributed by atoms with Gasteiger partial charge in [-0.2, -0.15) is 0 Å². The fraction of sp³-hybridized carbons (Fsp3) is 0.500. The molecule has 0 aromatic carbocycles. The van der Waals surface area contributed by atoms with Gasteiger partial charge in [0.1, 0.15) is 0 Å². The summed E-state index contributed by atoms with van der Waals surface area (Å²) in [5.41, 5.74) is 1.35. The highest BCUT2D eigenvalue weighted by Gasteiger charge is 1.80. The molecule has 0 heterocycles. The van der Waals surface area contributed by atoms with Crippen LogP contribution in [0.25, 0.3) is 0 Å². The SMILES string of the molecule is CC/C=C(/C)SC=N. The zero-order valence-corrected chi connectivity index (χ0v) is 6.09. The molecule has 1 nitrogen and oxygen atoms in total. The number of hydrogen-bond acceptors (Lipinski definition) is 2. The fourth-order valence-electron chi connectivity index (χ4n) is 0.429. The molecule has 0 radical (unpaired) electrons. The summed E-state index contributed by atoms with van der Waals surface area (Å²) < 4.78 is 0. The molecule has 0 saturated carbocycles. The highest BCUT2D eigenvalue weighted by Crippen LogP contribution is 2.10. The molecule has 8 heavy (non-hydrogen) atoms. The van der Waals surface area contributed by atoms with Crippen LogP contribution in [0.3, 0.4) is 0 Å². The van der Waals surface area contributed by atoms with Crippen molar-refractivity contribution >= 4 is 17.3 Å². The van der Waals surface area contributed by atoms with Crippen molar-refractivity contribution in [2.24, 2.45) is 0 Å². The lowest BCUT2D eigenvalue weighted by molar-refractivity contribution is 1.21. The van der Waals surface area contributed by atoms with Gasteiger partial charge in [0.05, 0.1) is 5.55 Å². The first-order chi connectivity index (χ1) is 3.81. The Morgan fingerprint density at radius 1 is 1.75 bits per heavy atom. The Labute approximate surface area is 54.7 Å². The average Bonchev–Trinajstić information content (AvgIpc) is 1.68. The molecule has 0 rings (SSSR count). The highest BCUT2D eigenvalue weighted by atomic mass is 32.2. The molecule has 0 bridgehead atoms. The molecule has 0 spiro atoms. The summed E-state index contributed by atoms with van der Waals surface area (Å²) >= 11 is 1.46. The minimum absolute atomic E-state index is 1.06. The molecule has 0 amide bonds. The maximum Gasteiger partial charge on any atom is 0.0551 e. The summed E-state index contributed by atoms with van der Waals surface area (Å²) in [6.45, 7) is 4.10.